The van der Waals surface area contributed by atoms with Crippen LogP contribution in [0.4, 0.5) is 0 Å². The normalized spacial score (nSPS) is 12.1. The van der Waals surface area contributed by atoms with Crippen LogP contribution < -0.4 is 16.4 Å². The maximum atomic E-state index is 11.3. The van der Waals surface area contributed by atoms with Crippen molar-refractivity contribution in [3.8, 4) is 0 Å². The maximum Gasteiger partial charge on any atom is 0.248 e. The van der Waals surface area contributed by atoms with Gasteiger partial charge in [0.2, 0.25) is 5.91 Å². The molecule has 0 unspecified atom stereocenters. The van der Waals surface area contributed by atoms with Gasteiger partial charge in [0.1, 0.15) is 0 Å². The number of nitrogens with zero attached hydrogens (tertiary/aromatic N) is 2. The quantitative estimate of drug-likeness (QED) is 0.339. The lowest BCUT2D eigenvalue weighted by Gasteiger charge is -2.30. The van der Waals surface area contributed by atoms with Crippen molar-refractivity contribution in [2.45, 2.75) is 59.7 Å². The second kappa shape index (κ2) is 11.5. The van der Waals surface area contributed by atoms with Gasteiger partial charge in [-0.3, -0.25) is 9.69 Å². The highest BCUT2D eigenvalue weighted by atomic mass is 16.1. The zero-order valence-corrected chi connectivity index (χ0v) is 16.9. The van der Waals surface area contributed by atoms with Crippen molar-refractivity contribution in [3.63, 3.8) is 0 Å². The number of carbonyl (C=O) groups excluding carboxylic acids is 1. The number of primary amides is 1. The van der Waals surface area contributed by atoms with E-state index in [0.717, 1.165) is 37.6 Å². The first-order chi connectivity index (χ1) is 12.3. The molecule has 146 valence electrons. The first kappa shape index (κ1) is 22.0. The van der Waals surface area contributed by atoms with Gasteiger partial charge in [-0.15, -0.1) is 0 Å². The maximum absolute atomic E-state index is 11.3. The van der Waals surface area contributed by atoms with Crippen LogP contribution in [-0.2, 0) is 6.54 Å². The number of aliphatic imine (C=N–C) groups is 1. The highest BCUT2D eigenvalue weighted by Crippen LogP contribution is 2.07. The summed E-state index contributed by atoms with van der Waals surface area (Å²) in [5.41, 5.74) is 6.81. The number of nitrogens with two attached hydrogens (primary N) is 1. The molecule has 1 aromatic rings. The number of hydrogen-bond acceptors (Lipinski definition) is 3. The van der Waals surface area contributed by atoms with E-state index in [0.29, 0.717) is 24.2 Å². The van der Waals surface area contributed by atoms with Crippen molar-refractivity contribution >= 4 is 11.9 Å². The molecule has 0 aliphatic carbocycles. The second-order valence-electron chi connectivity index (χ2n) is 6.97. The number of hydrogen-bond donors (Lipinski definition) is 3. The number of amides is 1. The lowest BCUT2D eigenvalue weighted by molar-refractivity contribution is 0.1000. The van der Waals surface area contributed by atoms with E-state index >= 15 is 0 Å². The predicted octanol–water partition coefficient (Wildman–Crippen LogP) is 2.35. The van der Waals surface area contributed by atoms with Gasteiger partial charge in [0.25, 0.3) is 0 Å². The topological polar surface area (TPSA) is 82.7 Å². The molecule has 4 N–H and O–H groups in total. The van der Waals surface area contributed by atoms with E-state index < -0.39 is 5.91 Å². The molecule has 0 bridgehead atoms. The minimum Gasteiger partial charge on any atom is -0.366 e. The van der Waals surface area contributed by atoms with E-state index in [1.165, 1.54) is 0 Å². The minimum absolute atomic E-state index is 0.416. The largest absolute Gasteiger partial charge is 0.366 e. The van der Waals surface area contributed by atoms with Crippen molar-refractivity contribution < 1.29 is 4.79 Å². The molecule has 0 spiro atoms. The molecule has 0 saturated carbocycles. The summed E-state index contributed by atoms with van der Waals surface area (Å²) in [5.74, 6) is 0.373. The molecule has 0 heterocycles. The first-order valence-corrected chi connectivity index (χ1v) is 9.51. The molecule has 26 heavy (non-hydrogen) atoms. The SMILES string of the molecule is CCNC(=NCc1cccc(C(N)=O)c1)NCCCN(C(C)C)C(C)C. The van der Waals surface area contributed by atoms with Gasteiger partial charge in [-0.1, -0.05) is 12.1 Å². The van der Waals surface area contributed by atoms with Gasteiger partial charge in [0, 0.05) is 37.3 Å². The molecule has 0 aliphatic heterocycles. The number of nitrogens with one attached hydrogen (secondary N) is 2. The molecule has 1 amide bonds. The fourth-order valence-corrected chi connectivity index (χ4v) is 2.92. The van der Waals surface area contributed by atoms with Crippen LogP contribution in [0.3, 0.4) is 0 Å². The van der Waals surface area contributed by atoms with Crippen LogP contribution >= 0.6 is 0 Å². The fraction of sp³-hybridized carbons (Fsp3) is 0.600. The van der Waals surface area contributed by atoms with E-state index in [-0.39, 0.29) is 0 Å². The van der Waals surface area contributed by atoms with Gasteiger partial charge < -0.3 is 16.4 Å². The highest BCUT2D eigenvalue weighted by Gasteiger charge is 2.12. The Hall–Kier alpha value is -2.08. The summed E-state index contributed by atoms with van der Waals surface area (Å²) in [7, 11) is 0. The van der Waals surface area contributed by atoms with Crippen LogP contribution in [0, 0.1) is 0 Å². The third-order valence-electron chi connectivity index (χ3n) is 4.19. The van der Waals surface area contributed by atoms with Crippen LogP contribution in [0.25, 0.3) is 0 Å². The third-order valence-corrected chi connectivity index (χ3v) is 4.19. The van der Waals surface area contributed by atoms with E-state index in [1.54, 1.807) is 12.1 Å². The Morgan fingerprint density at radius 3 is 2.46 bits per heavy atom. The molecule has 0 aliphatic rings. The minimum atomic E-state index is -0.416. The second-order valence-corrected chi connectivity index (χ2v) is 6.97. The Kier molecular flexibility index (Phi) is 9.73. The molecule has 1 aromatic carbocycles. The Morgan fingerprint density at radius 1 is 1.19 bits per heavy atom. The zero-order valence-electron chi connectivity index (χ0n) is 16.9. The molecule has 6 nitrogen and oxygen atoms in total. The molecule has 0 aromatic heterocycles. The smallest absolute Gasteiger partial charge is 0.248 e. The molecule has 0 atom stereocenters. The monoisotopic (exact) mass is 361 g/mol. The molecular formula is C20H35N5O. The average molecular weight is 362 g/mol. The lowest BCUT2D eigenvalue weighted by atomic mass is 10.1. The average Bonchev–Trinajstić information content (AvgIpc) is 2.58. The van der Waals surface area contributed by atoms with Crippen LogP contribution in [0.15, 0.2) is 29.3 Å². The first-order valence-electron chi connectivity index (χ1n) is 9.51. The number of guanidine groups is 1. The summed E-state index contributed by atoms with van der Waals surface area (Å²) in [6, 6.07) is 8.39. The molecule has 0 saturated heterocycles. The zero-order chi connectivity index (χ0) is 19.5. The van der Waals surface area contributed by atoms with Crippen LogP contribution in [0.2, 0.25) is 0 Å². The van der Waals surface area contributed by atoms with Gasteiger partial charge in [-0.05, 0) is 58.7 Å². The van der Waals surface area contributed by atoms with Crippen molar-refractivity contribution in [2.24, 2.45) is 10.7 Å². The fourth-order valence-electron chi connectivity index (χ4n) is 2.92. The summed E-state index contributed by atoms with van der Waals surface area (Å²) in [6.07, 6.45) is 1.05. The van der Waals surface area contributed by atoms with E-state index in [1.807, 2.05) is 19.1 Å². The molecule has 1 rings (SSSR count). The lowest BCUT2D eigenvalue weighted by Crippen LogP contribution is -2.41. The standard InChI is InChI=1S/C20H35N5O/c1-6-22-20(23-11-8-12-25(15(2)3)16(4)5)24-14-17-9-7-10-18(13-17)19(21)26/h7,9-10,13,15-16H,6,8,11-12,14H2,1-5H3,(H2,21,26)(H2,22,23,24). The molecular weight excluding hydrogens is 326 g/mol. The molecule has 0 radical (unpaired) electrons. The van der Waals surface area contributed by atoms with E-state index in [2.05, 4.69) is 48.2 Å². The Morgan fingerprint density at radius 2 is 1.88 bits per heavy atom. The van der Waals surface area contributed by atoms with Gasteiger partial charge >= 0.3 is 0 Å². The van der Waals surface area contributed by atoms with Gasteiger partial charge in [-0.25, -0.2) is 4.99 Å². The summed E-state index contributed by atoms with van der Waals surface area (Å²) in [5, 5.41) is 6.64. The summed E-state index contributed by atoms with van der Waals surface area (Å²) in [6.45, 7) is 14.2. The van der Waals surface area contributed by atoms with Crippen molar-refractivity contribution in [1.29, 1.82) is 0 Å². The van der Waals surface area contributed by atoms with Gasteiger partial charge in [0.05, 0.1) is 6.54 Å². The molecule has 6 heteroatoms. The highest BCUT2D eigenvalue weighted by molar-refractivity contribution is 5.92. The predicted molar refractivity (Wildman–Crippen MR) is 109 cm³/mol. The van der Waals surface area contributed by atoms with Crippen LogP contribution in [-0.4, -0.2) is 48.5 Å². The van der Waals surface area contributed by atoms with Gasteiger partial charge in [-0.2, -0.15) is 0 Å². The van der Waals surface area contributed by atoms with E-state index in [9.17, 15) is 4.79 Å². The number of rotatable bonds is 10. The van der Waals surface area contributed by atoms with Crippen LogP contribution in [0.1, 0.15) is 57.0 Å². The van der Waals surface area contributed by atoms with Crippen LogP contribution in [0.5, 0.6) is 0 Å². The Labute approximate surface area is 158 Å². The summed E-state index contributed by atoms with van der Waals surface area (Å²) >= 11 is 0. The Bertz CT molecular complexity index is 575. The summed E-state index contributed by atoms with van der Waals surface area (Å²) in [4.78, 5) is 18.4. The number of benzene rings is 1. The Balaban J connectivity index is 2.56. The summed E-state index contributed by atoms with van der Waals surface area (Å²) < 4.78 is 0. The van der Waals surface area contributed by atoms with Crippen molar-refractivity contribution in [2.75, 3.05) is 19.6 Å². The van der Waals surface area contributed by atoms with Gasteiger partial charge in [0.15, 0.2) is 5.96 Å². The third kappa shape index (κ3) is 7.87. The van der Waals surface area contributed by atoms with E-state index in [4.69, 9.17) is 5.73 Å². The molecule has 0 fully saturated rings. The van der Waals surface area contributed by atoms with Crippen molar-refractivity contribution in [3.05, 3.63) is 35.4 Å². The number of carbonyl (C=O) groups is 1. The van der Waals surface area contributed by atoms with Crippen molar-refractivity contribution in [1.82, 2.24) is 15.5 Å².